The monoisotopic (exact) mass is 335 g/mol. The molecule has 1 unspecified atom stereocenters. The van der Waals surface area contributed by atoms with Gasteiger partial charge in [-0.1, -0.05) is 19.9 Å². The Morgan fingerprint density at radius 2 is 1.52 bits per heavy atom. The highest BCUT2D eigenvalue weighted by Gasteiger charge is 2.63. The minimum Gasteiger partial charge on any atom is -0.346 e. The molecule has 2 aromatic heterocycles. The number of pyridine rings is 2. The molecule has 0 fully saturated rings. The lowest BCUT2D eigenvalue weighted by atomic mass is 9.62. The topological polar surface area (TPSA) is 32.0 Å². The van der Waals surface area contributed by atoms with E-state index in [1.165, 1.54) is 16.8 Å². The fourth-order valence-electron chi connectivity index (χ4n) is 5.24. The summed E-state index contributed by atoms with van der Waals surface area (Å²) in [6, 6.07) is 8.52. The van der Waals surface area contributed by atoms with Gasteiger partial charge in [0.25, 0.3) is 0 Å². The van der Waals surface area contributed by atoms with E-state index in [1.54, 1.807) is 0 Å². The standard InChI is InChI=1S/C21H27N4/c1-19(2)14-10-8-12-22-16(14)24(6)18(19)21(5)20(3,4)15-11-9-13-23-17(15)25(21)7/h8-13H,1-7H3/q+1. The third kappa shape index (κ3) is 1.70. The van der Waals surface area contributed by atoms with Crippen LogP contribution in [0.5, 0.6) is 0 Å². The number of fused-ring (bicyclic) bond motifs is 2. The van der Waals surface area contributed by atoms with E-state index in [0.717, 1.165) is 11.6 Å². The molecule has 4 rings (SSSR count). The molecule has 0 amide bonds. The largest absolute Gasteiger partial charge is 0.346 e. The Morgan fingerprint density at radius 3 is 2.12 bits per heavy atom. The molecule has 130 valence electrons. The van der Waals surface area contributed by atoms with Crippen LogP contribution in [-0.2, 0) is 10.8 Å². The van der Waals surface area contributed by atoms with Crippen molar-refractivity contribution in [1.82, 2.24) is 9.97 Å². The molecular formula is C21H27N4+. The van der Waals surface area contributed by atoms with Crippen LogP contribution in [0.25, 0.3) is 0 Å². The van der Waals surface area contributed by atoms with Gasteiger partial charge in [-0.2, -0.15) is 0 Å². The average Bonchev–Trinajstić information content (AvgIpc) is 2.88. The van der Waals surface area contributed by atoms with E-state index in [4.69, 9.17) is 4.98 Å². The zero-order valence-electron chi connectivity index (χ0n) is 16.3. The fraction of sp³-hybridized carbons (Fsp3) is 0.476. The van der Waals surface area contributed by atoms with Crippen molar-refractivity contribution < 1.29 is 4.58 Å². The second-order valence-corrected chi connectivity index (χ2v) is 8.54. The first-order chi connectivity index (χ1) is 11.6. The highest BCUT2D eigenvalue weighted by Crippen LogP contribution is 2.55. The molecule has 0 saturated carbocycles. The first-order valence-corrected chi connectivity index (χ1v) is 8.91. The van der Waals surface area contributed by atoms with Crippen molar-refractivity contribution in [3.63, 3.8) is 0 Å². The number of hydrogen-bond acceptors (Lipinski definition) is 3. The van der Waals surface area contributed by atoms with Crippen molar-refractivity contribution in [3.8, 4) is 0 Å². The van der Waals surface area contributed by atoms with Gasteiger partial charge in [0.05, 0.1) is 18.0 Å². The Kier molecular flexibility index (Phi) is 3.05. The van der Waals surface area contributed by atoms with Gasteiger partial charge in [-0.15, -0.1) is 0 Å². The summed E-state index contributed by atoms with van der Waals surface area (Å²) in [6.45, 7) is 11.7. The van der Waals surface area contributed by atoms with E-state index in [1.807, 2.05) is 24.5 Å². The van der Waals surface area contributed by atoms with Crippen molar-refractivity contribution in [2.75, 3.05) is 19.0 Å². The molecule has 0 bridgehead atoms. The van der Waals surface area contributed by atoms with E-state index in [0.29, 0.717) is 0 Å². The highest BCUT2D eigenvalue weighted by molar-refractivity contribution is 6.06. The molecule has 2 aliphatic heterocycles. The van der Waals surface area contributed by atoms with Gasteiger partial charge in [0.1, 0.15) is 23.3 Å². The molecule has 0 aliphatic carbocycles. The van der Waals surface area contributed by atoms with E-state index in [9.17, 15) is 0 Å². The predicted molar refractivity (Wildman–Crippen MR) is 102 cm³/mol. The molecule has 1 atom stereocenters. The highest BCUT2D eigenvalue weighted by atomic mass is 15.3. The van der Waals surface area contributed by atoms with Gasteiger partial charge >= 0.3 is 5.82 Å². The van der Waals surface area contributed by atoms with Gasteiger partial charge in [0.2, 0.25) is 0 Å². The van der Waals surface area contributed by atoms with Crippen molar-refractivity contribution in [3.05, 3.63) is 47.8 Å². The number of likely N-dealkylation sites (N-methyl/N-ethyl adjacent to an activating group) is 1. The average molecular weight is 335 g/mol. The van der Waals surface area contributed by atoms with Crippen LogP contribution in [0.15, 0.2) is 36.7 Å². The van der Waals surface area contributed by atoms with Crippen LogP contribution in [0.3, 0.4) is 0 Å². The van der Waals surface area contributed by atoms with Crippen LogP contribution in [0.1, 0.15) is 45.7 Å². The third-order valence-corrected chi connectivity index (χ3v) is 6.83. The molecular weight excluding hydrogens is 308 g/mol. The fourth-order valence-corrected chi connectivity index (χ4v) is 5.24. The smallest absolute Gasteiger partial charge is 0.326 e. The molecule has 0 aromatic carbocycles. The summed E-state index contributed by atoms with van der Waals surface area (Å²) in [5.41, 5.74) is 3.60. The number of aromatic nitrogens is 2. The van der Waals surface area contributed by atoms with Crippen LogP contribution >= 0.6 is 0 Å². The number of anilines is 1. The van der Waals surface area contributed by atoms with E-state index < -0.39 is 0 Å². The molecule has 0 radical (unpaired) electrons. The minimum absolute atomic E-state index is 0.0751. The van der Waals surface area contributed by atoms with Crippen LogP contribution in [-0.4, -0.2) is 39.9 Å². The lowest BCUT2D eigenvalue weighted by Gasteiger charge is -2.46. The lowest BCUT2D eigenvalue weighted by Crippen LogP contribution is -2.63. The minimum atomic E-state index is -0.206. The van der Waals surface area contributed by atoms with Crippen LogP contribution in [0, 0.1) is 0 Å². The van der Waals surface area contributed by atoms with E-state index >= 15 is 0 Å². The molecule has 0 saturated heterocycles. The number of nitrogens with zero attached hydrogens (tertiary/aromatic N) is 4. The summed E-state index contributed by atoms with van der Waals surface area (Å²) in [4.78, 5) is 11.7. The summed E-state index contributed by atoms with van der Waals surface area (Å²) in [6.07, 6.45) is 3.78. The maximum absolute atomic E-state index is 4.70. The van der Waals surface area contributed by atoms with Crippen molar-refractivity contribution in [2.24, 2.45) is 0 Å². The normalized spacial score (nSPS) is 26.0. The first kappa shape index (κ1) is 16.2. The quantitative estimate of drug-likeness (QED) is 0.745. The summed E-state index contributed by atoms with van der Waals surface area (Å²) in [5.74, 6) is 2.15. The molecule has 2 aliphatic rings. The lowest BCUT2D eigenvalue weighted by molar-refractivity contribution is -0.410. The molecule has 25 heavy (non-hydrogen) atoms. The zero-order valence-corrected chi connectivity index (χ0v) is 16.3. The number of hydrogen-bond donors (Lipinski definition) is 0. The van der Waals surface area contributed by atoms with Crippen LogP contribution in [0.4, 0.5) is 11.6 Å². The van der Waals surface area contributed by atoms with E-state index in [2.05, 4.69) is 75.3 Å². The van der Waals surface area contributed by atoms with Gasteiger partial charge in [0.15, 0.2) is 0 Å². The Hall–Kier alpha value is -2.23. The van der Waals surface area contributed by atoms with Gasteiger partial charge < -0.3 is 4.90 Å². The van der Waals surface area contributed by atoms with Gasteiger partial charge in [-0.05, 0) is 44.0 Å². The summed E-state index contributed by atoms with van der Waals surface area (Å²) in [7, 11) is 4.33. The molecule has 0 N–H and O–H groups in total. The Labute approximate surface area is 150 Å². The summed E-state index contributed by atoms with van der Waals surface area (Å²) < 4.78 is 2.31. The molecule has 4 nitrogen and oxygen atoms in total. The van der Waals surface area contributed by atoms with Crippen molar-refractivity contribution in [1.29, 1.82) is 0 Å². The predicted octanol–water partition coefficient (Wildman–Crippen LogP) is 3.67. The Balaban J connectivity index is 2.01. The third-order valence-electron chi connectivity index (χ3n) is 6.83. The maximum Gasteiger partial charge on any atom is 0.326 e. The number of rotatable bonds is 1. The van der Waals surface area contributed by atoms with Crippen molar-refractivity contribution >= 4 is 17.3 Å². The zero-order chi connectivity index (χ0) is 18.2. The summed E-state index contributed by atoms with van der Waals surface area (Å²) >= 11 is 0. The maximum atomic E-state index is 4.70. The molecule has 2 aromatic rings. The van der Waals surface area contributed by atoms with E-state index in [-0.39, 0.29) is 16.4 Å². The van der Waals surface area contributed by atoms with Crippen LogP contribution in [0.2, 0.25) is 0 Å². The first-order valence-electron chi connectivity index (χ1n) is 8.91. The molecule has 4 heteroatoms. The van der Waals surface area contributed by atoms with Crippen molar-refractivity contribution in [2.45, 2.75) is 51.0 Å². The van der Waals surface area contributed by atoms with Gasteiger partial charge in [-0.3, -0.25) is 0 Å². The molecule has 0 spiro atoms. The second-order valence-electron chi connectivity index (χ2n) is 8.54. The summed E-state index contributed by atoms with van der Waals surface area (Å²) in [5, 5.41) is 0. The Morgan fingerprint density at radius 1 is 0.920 bits per heavy atom. The van der Waals surface area contributed by atoms with Gasteiger partial charge in [0, 0.05) is 24.2 Å². The molecule has 4 heterocycles. The Bertz CT molecular complexity index is 910. The SMILES string of the molecule is CN1c2ncccc2C(C)(C)C1(C)C1=[N+](C)c2ncccc2C1(C)C. The van der Waals surface area contributed by atoms with Crippen LogP contribution < -0.4 is 4.90 Å². The van der Waals surface area contributed by atoms with Gasteiger partial charge in [-0.25, -0.2) is 9.56 Å². The second kappa shape index (κ2) is 4.69.